The molecule has 2 N–H and O–H groups in total. The number of aliphatic carboxylic acids is 1. The number of carboxylic acids is 1. The highest BCUT2D eigenvalue weighted by Crippen LogP contribution is 2.46. The van der Waals surface area contributed by atoms with Crippen LogP contribution in [-0.2, 0) is 11.2 Å². The highest BCUT2D eigenvalue weighted by atomic mass is 19.4. The first-order valence-corrected chi connectivity index (χ1v) is 5.99. The highest BCUT2D eigenvalue weighted by molar-refractivity contribution is 5.86. The van der Waals surface area contributed by atoms with Gasteiger partial charge in [0.05, 0.1) is 0 Å². The zero-order valence-corrected chi connectivity index (χ0v) is 10.3. The lowest BCUT2D eigenvalue weighted by atomic mass is 9.74. The smallest absolute Gasteiger partial charge is 0.422 e. The first kappa shape index (κ1) is 13.7. The lowest BCUT2D eigenvalue weighted by Crippen LogP contribution is -2.64. The second kappa shape index (κ2) is 4.43. The van der Waals surface area contributed by atoms with Crippen LogP contribution in [0.25, 0.3) is 0 Å². The summed E-state index contributed by atoms with van der Waals surface area (Å²) in [6.45, 7) is 1.57. The van der Waals surface area contributed by atoms with Crippen LogP contribution in [0.2, 0.25) is 0 Å². The molecule has 0 spiro atoms. The molecule has 0 amide bonds. The van der Waals surface area contributed by atoms with Gasteiger partial charge in [0.25, 0.3) is 0 Å². The van der Waals surface area contributed by atoms with Crippen molar-refractivity contribution in [1.82, 2.24) is 0 Å². The van der Waals surface area contributed by atoms with Gasteiger partial charge in [0.2, 0.25) is 5.54 Å². The fourth-order valence-corrected chi connectivity index (χ4v) is 2.66. The second-order valence-corrected chi connectivity index (χ2v) is 4.70. The van der Waals surface area contributed by atoms with Crippen LogP contribution in [0.3, 0.4) is 0 Å². The van der Waals surface area contributed by atoms with Crippen LogP contribution in [0, 0.1) is 5.92 Å². The van der Waals surface area contributed by atoms with Crippen molar-refractivity contribution >= 4 is 11.7 Å². The van der Waals surface area contributed by atoms with Crippen LogP contribution >= 0.6 is 0 Å². The molecule has 6 heteroatoms. The summed E-state index contributed by atoms with van der Waals surface area (Å²) in [6, 6.07) is 6.51. The summed E-state index contributed by atoms with van der Waals surface area (Å²) < 4.78 is 40.0. The average molecular weight is 273 g/mol. The van der Waals surface area contributed by atoms with E-state index in [9.17, 15) is 18.0 Å². The Morgan fingerprint density at radius 2 is 2.11 bits per heavy atom. The molecule has 104 valence electrons. The van der Waals surface area contributed by atoms with E-state index >= 15 is 0 Å². The summed E-state index contributed by atoms with van der Waals surface area (Å²) in [7, 11) is 0. The summed E-state index contributed by atoms with van der Waals surface area (Å²) in [5.74, 6) is -2.90. The molecule has 0 saturated carbocycles. The predicted octanol–water partition coefficient (Wildman–Crippen LogP) is 3.07. The largest absolute Gasteiger partial charge is 0.479 e. The van der Waals surface area contributed by atoms with E-state index in [1.54, 1.807) is 25.1 Å². The van der Waals surface area contributed by atoms with Gasteiger partial charge < -0.3 is 10.4 Å². The number of hydrogen-bond acceptors (Lipinski definition) is 2. The summed E-state index contributed by atoms with van der Waals surface area (Å²) in [4.78, 5) is 11.3. The maximum Gasteiger partial charge on any atom is 0.422 e. The molecule has 1 aromatic carbocycles. The van der Waals surface area contributed by atoms with Gasteiger partial charge >= 0.3 is 12.1 Å². The molecule has 2 atom stereocenters. The van der Waals surface area contributed by atoms with Crippen LogP contribution in [-0.4, -0.2) is 22.8 Å². The molecule has 1 aliphatic rings. The van der Waals surface area contributed by atoms with Gasteiger partial charge in [-0.25, -0.2) is 4.79 Å². The summed E-state index contributed by atoms with van der Waals surface area (Å²) >= 11 is 0. The van der Waals surface area contributed by atoms with Crippen molar-refractivity contribution in [1.29, 1.82) is 0 Å². The molecule has 0 aromatic heterocycles. The topological polar surface area (TPSA) is 49.3 Å². The number of carbonyl (C=O) groups is 1. The fraction of sp³-hybridized carbons (Fsp3) is 0.462. The number of alkyl halides is 3. The van der Waals surface area contributed by atoms with Crippen molar-refractivity contribution < 1.29 is 23.1 Å². The molecule has 2 rings (SSSR count). The van der Waals surface area contributed by atoms with Crippen molar-refractivity contribution in [3.8, 4) is 0 Å². The number of para-hydroxylation sites is 1. The standard InChI is InChI=1S/C13H14F3NO2/c1-2-9-7-8-5-3-4-6-10(8)17-12(9,11(18)19)13(14,15)16/h3-6,9,17H,2,7H2,1H3,(H,18,19). The molecule has 1 aromatic rings. The maximum atomic E-state index is 13.3. The fourth-order valence-electron chi connectivity index (χ4n) is 2.66. The summed E-state index contributed by atoms with van der Waals surface area (Å²) in [5.41, 5.74) is -1.95. The Morgan fingerprint density at radius 1 is 1.47 bits per heavy atom. The quantitative estimate of drug-likeness (QED) is 0.870. The molecule has 0 radical (unpaired) electrons. The Morgan fingerprint density at radius 3 is 2.63 bits per heavy atom. The Balaban J connectivity index is 2.58. The van der Waals surface area contributed by atoms with Crippen LogP contribution in [0.1, 0.15) is 18.9 Å². The molecular formula is C13H14F3NO2. The summed E-state index contributed by atoms with van der Waals surface area (Å²) in [6.07, 6.45) is -4.62. The molecule has 0 aliphatic carbocycles. The van der Waals surface area contributed by atoms with Crippen molar-refractivity contribution in [2.75, 3.05) is 5.32 Å². The Kier molecular flexibility index (Phi) is 3.20. The van der Waals surface area contributed by atoms with E-state index < -0.39 is 23.6 Å². The van der Waals surface area contributed by atoms with E-state index in [2.05, 4.69) is 5.32 Å². The number of carboxylic acid groups (broad SMARTS) is 1. The van der Waals surface area contributed by atoms with Gasteiger partial charge in [-0.1, -0.05) is 25.1 Å². The molecule has 0 saturated heterocycles. The third-order valence-corrected chi connectivity index (χ3v) is 3.71. The normalized spacial score (nSPS) is 26.4. The molecule has 19 heavy (non-hydrogen) atoms. The van der Waals surface area contributed by atoms with Crippen molar-refractivity contribution in [3.05, 3.63) is 29.8 Å². The number of halogens is 3. The average Bonchev–Trinajstić information content (AvgIpc) is 2.35. The van der Waals surface area contributed by atoms with Crippen molar-refractivity contribution in [3.63, 3.8) is 0 Å². The summed E-state index contributed by atoms with van der Waals surface area (Å²) in [5, 5.41) is 11.4. The van der Waals surface area contributed by atoms with E-state index in [-0.39, 0.29) is 18.5 Å². The van der Waals surface area contributed by atoms with Gasteiger partial charge in [0.1, 0.15) is 0 Å². The van der Waals surface area contributed by atoms with Crippen LogP contribution in [0.5, 0.6) is 0 Å². The van der Waals surface area contributed by atoms with Gasteiger partial charge in [-0.05, 0) is 24.5 Å². The van der Waals surface area contributed by atoms with E-state index in [4.69, 9.17) is 5.11 Å². The maximum absolute atomic E-state index is 13.3. The monoisotopic (exact) mass is 273 g/mol. The molecule has 3 nitrogen and oxygen atoms in total. The highest BCUT2D eigenvalue weighted by Gasteiger charge is 2.66. The second-order valence-electron chi connectivity index (χ2n) is 4.70. The number of nitrogens with one attached hydrogen (secondary N) is 1. The SMILES string of the molecule is CCC1Cc2ccccc2NC1(C(=O)O)C(F)(F)F. The lowest BCUT2D eigenvalue weighted by Gasteiger charge is -2.43. The predicted molar refractivity (Wildman–Crippen MR) is 64.0 cm³/mol. The van der Waals surface area contributed by atoms with E-state index in [0.717, 1.165) is 5.56 Å². The minimum Gasteiger partial charge on any atom is -0.479 e. The van der Waals surface area contributed by atoms with Crippen molar-refractivity contribution in [2.24, 2.45) is 5.92 Å². The molecule has 2 unspecified atom stereocenters. The third-order valence-electron chi connectivity index (χ3n) is 3.71. The molecular weight excluding hydrogens is 259 g/mol. The molecule has 1 aliphatic heterocycles. The van der Waals surface area contributed by atoms with Gasteiger partial charge in [-0.15, -0.1) is 0 Å². The Bertz CT molecular complexity index is 501. The van der Waals surface area contributed by atoms with Gasteiger partial charge in [0, 0.05) is 11.6 Å². The number of fused-ring (bicyclic) bond motifs is 1. The Hall–Kier alpha value is -1.72. The minimum absolute atomic E-state index is 0.103. The number of rotatable bonds is 2. The number of hydrogen-bond donors (Lipinski definition) is 2. The van der Waals surface area contributed by atoms with E-state index in [1.807, 2.05) is 0 Å². The number of benzene rings is 1. The molecule has 0 bridgehead atoms. The Labute approximate surface area is 108 Å². The van der Waals surface area contributed by atoms with Gasteiger partial charge in [-0.2, -0.15) is 13.2 Å². The van der Waals surface area contributed by atoms with E-state index in [0.29, 0.717) is 0 Å². The van der Waals surface area contributed by atoms with Crippen molar-refractivity contribution in [2.45, 2.75) is 31.5 Å². The minimum atomic E-state index is -4.85. The first-order valence-electron chi connectivity index (χ1n) is 5.99. The lowest BCUT2D eigenvalue weighted by molar-refractivity contribution is -0.208. The van der Waals surface area contributed by atoms with Crippen LogP contribution in [0.4, 0.5) is 18.9 Å². The van der Waals surface area contributed by atoms with Crippen LogP contribution in [0.15, 0.2) is 24.3 Å². The molecule has 0 fully saturated rings. The zero-order valence-electron chi connectivity index (χ0n) is 10.3. The zero-order chi connectivity index (χ0) is 14.3. The molecule has 1 heterocycles. The first-order chi connectivity index (χ1) is 8.83. The van der Waals surface area contributed by atoms with Crippen LogP contribution < -0.4 is 5.32 Å². The number of anilines is 1. The van der Waals surface area contributed by atoms with E-state index in [1.165, 1.54) is 6.07 Å². The van der Waals surface area contributed by atoms with Gasteiger partial charge in [-0.3, -0.25) is 0 Å². The third kappa shape index (κ3) is 1.95. The van der Waals surface area contributed by atoms with Gasteiger partial charge in [0.15, 0.2) is 0 Å².